The van der Waals surface area contributed by atoms with Gasteiger partial charge in [0.1, 0.15) is 17.6 Å². The molecule has 2 heterocycles. The Morgan fingerprint density at radius 3 is 2.65 bits per heavy atom. The number of benzene rings is 1. The van der Waals surface area contributed by atoms with Crippen molar-refractivity contribution >= 4 is 5.91 Å². The first-order valence-electron chi connectivity index (χ1n) is 8.45. The smallest absolute Gasteiger partial charge is 0.416 e. The number of carbonyl (C=O) groups excluding carboxylic acids is 1. The van der Waals surface area contributed by atoms with Gasteiger partial charge < -0.3 is 14.2 Å². The summed E-state index contributed by atoms with van der Waals surface area (Å²) < 4.78 is 49.0. The molecular weight excluding hydrogens is 349 g/mol. The monoisotopic (exact) mass is 368 g/mol. The Labute approximate surface area is 148 Å². The molecule has 1 fully saturated rings. The summed E-state index contributed by atoms with van der Waals surface area (Å²) in [6, 6.07) is 6.48. The Hall–Kier alpha value is -2.51. The van der Waals surface area contributed by atoms with Crippen molar-refractivity contribution in [3.63, 3.8) is 0 Å². The molecule has 2 aromatic rings. The van der Waals surface area contributed by atoms with Crippen LogP contribution in [0.3, 0.4) is 0 Å². The molecule has 0 spiro atoms. The van der Waals surface area contributed by atoms with Crippen molar-refractivity contribution in [2.75, 3.05) is 13.1 Å². The van der Waals surface area contributed by atoms with E-state index < -0.39 is 11.7 Å². The first kappa shape index (κ1) is 18.3. The molecule has 0 saturated carbocycles. The highest BCUT2D eigenvalue weighted by Gasteiger charge is 2.31. The summed E-state index contributed by atoms with van der Waals surface area (Å²) in [6.45, 7) is 2.82. The predicted molar refractivity (Wildman–Crippen MR) is 86.9 cm³/mol. The van der Waals surface area contributed by atoms with Crippen LogP contribution >= 0.6 is 0 Å². The third kappa shape index (κ3) is 4.17. The van der Waals surface area contributed by atoms with Crippen molar-refractivity contribution in [3.8, 4) is 5.75 Å². The van der Waals surface area contributed by atoms with Crippen molar-refractivity contribution in [2.45, 2.75) is 38.5 Å². The van der Waals surface area contributed by atoms with Crippen LogP contribution in [0, 0.1) is 0 Å². The van der Waals surface area contributed by atoms with Gasteiger partial charge in [-0.3, -0.25) is 4.79 Å². The number of aromatic nitrogens is 1. The number of nitrogens with zero attached hydrogens (tertiary/aromatic N) is 2. The molecule has 26 heavy (non-hydrogen) atoms. The van der Waals surface area contributed by atoms with Crippen LogP contribution in [-0.4, -0.2) is 35.2 Å². The average Bonchev–Trinajstić information content (AvgIpc) is 3.10. The van der Waals surface area contributed by atoms with Gasteiger partial charge in [0, 0.05) is 38.4 Å². The molecule has 1 aromatic heterocycles. The number of carbonyl (C=O) groups is 1. The standard InChI is InChI=1S/C18H19F3N2O3/c1-2-13-11-16(22-26-13)17(24)23-8-6-14(7-9-23)25-15-5-3-4-12(10-15)18(19,20)21/h3-5,10-11,14H,2,6-9H2,1H3. The first-order valence-corrected chi connectivity index (χ1v) is 8.45. The van der Waals surface area contributed by atoms with Crippen molar-refractivity contribution < 1.29 is 27.2 Å². The minimum Gasteiger partial charge on any atom is -0.490 e. The first-order chi connectivity index (χ1) is 12.4. The fourth-order valence-electron chi connectivity index (χ4n) is 2.86. The second-order valence-corrected chi connectivity index (χ2v) is 6.17. The Bertz CT molecular complexity index is 765. The molecule has 0 radical (unpaired) electrons. The molecule has 3 rings (SSSR count). The molecule has 1 aliphatic rings. The maximum Gasteiger partial charge on any atom is 0.416 e. The van der Waals surface area contributed by atoms with Crippen molar-refractivity contribution in [1.29, 1.82) is 0 Å². The molecule has 0 aliphatic carbocycles. The SMILES string of the molecule is CCc1cc(C(=O)N2CCC(Oc3cccc(C(F)(F)F)c3)CC2)no1. The topological polar surface area (TPSA) is 55.6 Å². The lowest BCUT2D eigenvalue weighted by Crippen LogP contribution is -2.41. The van der Waals surface area contributed by atoms with Gasteiger partial charge in [0.05, 0.1) is 5.56 Å². The Kier molecular flexibility index (Phi) is 5.20. The highest BCUT2D eigenvalue weighted by atomic mass is 19.4. The van der Waals surface area contributed by atoms with Crippen molar-refractivity contribution in [3.05, 3.63) is 47.3 Å². The average molecular weight is 368 g/mol. The minimum atomic E-state index is -4.40. The molecule has 1 aliphatic heterocycles. The summed E-state index contributed by atoms with van der Waals surface area (Å²) >= 11 is 0. The number of piperidine rings is 1. The number of hydrogen-bond donors (Lipinski definition) is 0. The molecule has 8 heteroatoms. The van der Waals surface area contributed by atoms with Crippen LogP contribution in [0.2, 0.25) is 0 Å². The van der Waals surface area contributed by atoms with Gasteiger partial charge in [0.2, 0.25) is 0 Å². The van der Waals surface area contributed by atoms with Crippen LogP contribution in [0.15, 0.2) is 34.9 Å². The van der Waals surface area contributed by atoms with Gasteiger partial charge in [-0.1, -0.05) is 18.1 Å². The van der Waals surface area contributed by atoms with E-state index in [2.05, 4.69) is 5.16 Å². The summed E-state index contributed by atoms with van der Waals surface area (Å²) in [6.07, 6.45) is -2.89. The van der Waals surface area contributed by atoms with Gasteiger partial charge in [0.25, 0.3) is 5.91 Å². The van der Waals surface area contributed by atoms with Crippen LogP contribution in [0.25, 0.3) is 0 Å². The molecule has 140 valence electrons. The van der Waals surface area contributed by atoms with E-state index in [0.717, 1.165) is 12.1 Å². The Balaban J connectivity index is 1.56. The number of halogens is 3. The van der Waals surface area contributed by atoms with Gasteiger partial charge in [-0.15, -0.1) is 0 Å². The van der Waals surface area contributed by atoms with Gasteiger partial charge >= 0.3 is 6.18 Å². The van der Waals surface area contributed by atoms with E-state index in [0.29, 0.717) is 38.1 Å². The number of rotatable bonds is 4. The number of aryl methyl sites for hydroxylation is 1. The molecular formula is C18H19F3N2O3. The van der Waals surface area contributed by atoms with Crippen LogP contribution < -0.4 is 4.74 Å². The Morgan fingerprint density at radius 1 is 1.31 bits per heavy atom. The van der Waals surface area contributed by atoms with Crippen LogP contribution in [-0.2, 0) is 12.6 Å². The zero-order valence-corrected chi connectivity index (χ0v) is 14.3. The third-order valence-electron chi connectivity index (χ3n) is 4.32. The summed E-state index contributed by atoms with van der Waals surface area (Å²) in [5, 5.41) is 3.78. The minimum absolute atomic E-state index is 0.189. The molecule has 0 atom stereocenters. The van der Waals surface area contributed by atoms with E-state index >= 15 is 0 Å². The summed E-state index contributed by atoms with van der Waals surface area (Å²) in [5.74, 6) is 0.635. The van der Waals surface area contributed by atoms with Crippen LogP contribution in [0.4, 0.5) is 13.2 Å². The van der Waals surface area contributed by atoms with Gasteiger partial charge in [-0.25, -0.2) is 0 Å². The van der Waals surface area contributed by atoms with Gasteiger partial charge in [-0.05, 0) is 18.2 Å². The molecule has 1 amide bonds. The summed E-state index contributed by atoms with van der Waals surface area (Å²) in [7, 11) is 0. The maximum absolute atomic E-state index is 12.8. The van der Waals surface area contributed by atoms with Crippen LogP contribution in [0.5, 0.6) is 5.75 Å². The second kappa shape index (κ2) is 7.39. The van der Waals surface area contributed by atoms with Crippen LogP contribution in [0.1, 0.15) is 41.6 Å². The van der Waals surface area contributed by atoms with E-state index in [1.807, 2.05) is 6.92 Å². The van der Waals surface area contributed by atoms with E-state index in [-0.39, 0.29) is 23.5 Å². The van der Waals surface area contributed by atoms with E-state index in [1.54, 1.807) is 11.0 Å². The molecule has 1 saturated heterocycles. The fourth-order valence-corrected chi connectivity index (χ4v) is 2.86. The lowest BCUT2D eigenvalue weighted by atomic mass is 10.1. The van der Waals surface area contributed by atoms with Crippen molar-refractivity contribution in [1.82, 2.24) is 10.1 Å². The number of ether oxygens (including phenoxy) is 1. The van der Waals surface area contributed by atoms with E-state index in [4.69, 9.17) is 9.26 Å². The number of hydrogen-bond acceptors (Lipinski definition) is 4. The molecule has 1 aromatic carbocycles. The highest BCUT2D eigenvalue weighted by Crippen LogP contribution is 2.32. The summed E-state index contributed by atoms with van der Waals surface area (Å²) in [5.41, 5.74) is -0.459. The lowest BCUT2D eigenvalue weighted by Gasteiger charge is -2.31. The number of likely N-dealkylation sites (tertiary alicyclic amines) is 1. The Morgan fingerprint density at radius 2 is 2.04 bits per heavy atom. The zero-order valence-electron chi connectivity index (χ0n) is 14.3. The molecule has 0 N–H and O–H groups in total. The normalized spacial score (nSPS) is 15.9. The van der Waals surface area contributed by atoms with Gasteiger partial charge in [0.15, 0.2) is 5.69 Å². The maximum atomic E-state index is 12.8. The number of alkyl halides is 3. The number of amides is 1. The predicted octanol–water partition coefficient (Wildman–Crippen LogP) is 3.94. The van der Waals surface area contributed by atoms with Crippen molar-refractivity contribution in [2.24, 2.45) is 0 Å². The van der Waals surface area contributed by atoms with E-state index in [9.17, 15) is 18.0 Å². The molecule has 5 nitrogen and oxygen atoms in total. The summed E-state index contributed by atoms with van der Waals surface area (Å²) in [4.78, 5) is 14.0. The third-order valence-corrected chi connectivity index (χ3v) is 4.32. The zero-order chi connectivity index (χ0) is 18.7. The van der Waals surface area contributed by atoms with Gasteiger partial charge in [-0.2, -0.15) is 13.2 Å². The highest BCUT2D eigenvalue weighted by molar-refractivity contribution is 5.92. The fraction of sp³-hybridized carbons (Fsp3) is 0.444. The quantitative estimate of drug-likeness (QED) is 0.820. The molecule has 0 unspecified atom stereocenters. The molecule has 0 bridgehead atoms. The lowest BCUT2D eigenvalue weighted by molar-refractivity contribution is -0.137. The second-order valence-electron chi connectivity index (χ2n) is 6.17. The van der Waals surface area contributed by atoms with E-state index in [1.165, 1.54) is 12.1 Å². The largest absolute Gasteiger partial charge is 0.490 e.